The molecule has 4 aromatic rings. The van der Waals surface area contributed by atoms with Crippen LogP contribution in [0.4, 0.5) is 10.1 Å². The number of hydrogen-bond donors (Lipinski definition) is 1. The third-order valence-corrected chi connectivity index (χ3v) is 9.21. The van der Waals surface area contributed by atoms with Gasteiger partial charge in [0, 0.05) is 19.0 Å². The summed E-state index contributed by atoms with van der Waals surface area (Å²) in [7, 11) is -4.32. The molecule has 0 spiro atoms. The van der Waals surface area contributed by atoms with E-state index in [-0.39, 0.29) is 35.5 Å². The summed E-state index contributed by atoms with van der Waals surface area (Å²) in [6.07, 6.45) is 0.208. The van der Waals surface area contributed by atoms with E-state index in [0.717, 1.165) is 33.1 Å². The summed E-state index contributed by atoms with van der Waals surface area (Å²) in [6, 6.07) is 26.5. The fourth-order valence-electron chi connectivity index (χ4n) is 5.04. The number of ether oxygens (including phenoxy) is 1. The number of carbonyl (C=O) groups is 2. The molecular weight excluding hydrogens is 605 g/mol. The lowest BCUT2D eigenvalue weighted by Gasteiger charge is -2.34. The molecule has 0 aliphatic carbocycles. The van der Waals surface area contributed by atoms with Crippen LogP contribution in [0.25, 0.3) is 0 Å². The van der Waals surface area contributed by atoms with Crippen LogP contribution < -0.4 is 14.4 Å². The van der Waals surface area contributed by atoms with Gasteiger partial charge in [0.25, 0.3) is 10.0 Å². The molecule has 1 N–H and O–H groups in total. The van der Waals surface area contributed by atoms with Gasteiger partial charge in [0.15, 0.2) is 0 Å². The van der Waals surface area contributed by atoms with Gasteiger partial charge in [-0.2, -0.15) is 0 Å². The van der Waals surface area contributed by atoms with Gasteiger partial charge in [-0.05, 0) is 92.9 Å². The van der Waals surface area contributed by atoms with Crippen LogP contribution >= 0.6 is 0 Å². The quantitative estimate of drug-likeness (QED) is 0.185. The van der Waals surface area contributed by atoms with E-state index in [1.807, 2.05) is 82.3 Å². The van der Waals surface area contributed by atoms with E-state index in [9.17, 15) is 22.4 Å². The second kappa shape index (κ2) is 15.5. The first-order valence-corrected chi connectivity index (χ1v) is 16.6. The van der Waals surface area contributed by atoms with Crippen LogP contribution in [0.5, 0.6) is 5.75 Å². The van der Waals surface area contributed by atoms with Crippen LogP contribution in [0, 0.1) is 12.7 Å². The number of benzene rings is 4. The van der Waals surface area contributed by atoms with E-state index in [1.165, 1.54) is 41.3 Å². The van der Waals surface area contributed by atoms with Crippen molar-refractivity contribution in [2.75, 3.05) is 17.5 Å². The molecule has 2 amide bonds. The first-order chi connectivity index (χ1) is 22.0. The van der Waals surface area contributed by atoms with E-state index in [1.54, 1.807) is 0 Å². The number of halogens is 1. The second-order valence-electron chi connectivity index (χ2n) is 11.2. The predicted octanol–water partition coefficient (Wildman–Crippen LogP) is 5.89. The summed E-state index contributed by atoms with van der Waals surface area (Å²) < 4.78 is 48.7. The molecule has 0 saturated carbocycles. The Labute approximate surface area is 270 Å². The largest absolute Gasteiger partial charge is 0.494 e. The summed E-state index contributed by atoms with van der Waals surface area (Å²) >= 11 is 0. The van der Waals surface area contributed by atoms with Crippen LogP contribution in [0.1, 0.15) is 37.5 Å². The van der Waals surface area contributed by atoms with Gasteiger partial charge in [-0.25, -0.2) is 12.8 Å². The van der Waals surface area contributed by atoms with Gasteiger partial charge >= 0.3 is 0 Å². The summed E-state index contributed by atoms with van der Waals surface area (Å²) in [5.74, 6) is -1.01. The molecule has 0 bridgehead atoms. The molecule has 46 heavy (non-hydrogen) atoms. The molecule has 242 valence electrons. The van der Waals surface area contributed by atoms with Gasteiger partial charge in [0.1, 0.15) is 24.2 Å². The zero-order valence-electron chi connectivity index (χ0n) is 26.5. The molecule has 4 rings (SSSR count). The monoisotopic (exact) mass is 645 g/mol. The van der Waals surface area contributed by atoms with Crippen molar-refractivity contribution in [1.29, 1.82) is 0 Å². The van der Waals surface area contributed by atoms with Crippen LogP contribution in [0.2, 0.25) is 0 Å². The number of amides is 2. The summed E-state index contributed by atoms with van der Waals surface area (Å²) in [5, 5.41) is 2.94. The van der Waals surface area contributed by atoms with Gasteiger partial charge < -0.3 is 15.0 Å². The number of anilines is 1. The first kappa shape index (κ1) is 34.2. The molecule has 0 saturated heterocycles. The normalized spacial score (nSPS) is 12.0. The number of nitrogens with zero attached hydrogens (tertiary/aromatic N) is 2. The number of hydrogen-bond acceptors (Lipinski definition) is 5. The van der Waals surface area contributed by atoms with Crippen molar-refractivity contribution in [3.63, 3.8) is 0 Å². The highest BCUT2D eigenvalue weighted by Crippen LogP contribution is 2.27. The Hall–Kier alpha value is -4.70. The Bertz CT molecular complexity index is 1710. The average molecular weight is 646 g/mol. The van der Waals surface area contributed by atoms with Crippen LogP contribution in [0.15, 0.2) is 108 Å². The molecule has 0 aromatic heterocycles. The van der Waals surface area contributed by atoms with Gasteiger partial charge in [0.2, 0.25) is 11.8 Å². The van der Waals surface area contributed by atoms with Gasteiger partial charge in [0.05, 0.1) is 17.2 Å². The molecule has 8 nitrogen and oxygen atoms in total. The Kier molecular flexibility index (Phi) is 11.5. The Morgan fingerprint density at radius 1 is 0.870 bits per heavy atom. The number of carbonyl (C=O) groups excluding carboxylic acids is 2. The highest BCUT2D eigenvalue weighted by molar-refractivity contribution is 7.92. The lowest BCUT2D eigenvalue weighted by Crippen LogP contribution is -2.54. The average Bonchev–Trinajstić information content (AvgIpc) is 3.03. The molecule has 0 unspecified atom stereocenters. The molecule has 4 aromatic carbocycles. The molecule has 0 aliphatic rings. The van der Waals surface area contributed by atoms with Crippen molar-refractivity contribution in [3.05, 3.63) is 126 Å². The Morgan fingerprint density at radius 3 is 2.11 bits per heavy atom. The van der Waals surface area contributed by atoms with Crippen molar-refractivity contribution in [1.82, 2.24) is 10.2 Å². The Balaban J connectivity index is 1.80. The van der Waals surface area contributed by atoms with Crippen molar-refractivity contribution in [2.45, 2.75) is 57.6 Å². The molecule has 0 aliphatic heterocycles. The van der Waals surface area contributed by atoms with Crippen LogP contribution in [0.3, 0.4) is 0 Å². The number of nitrogens with one attached hydrogen (secondary N) is 1. The maximum Gasteiger partial charge on any atom is 0.264 e. The Morgan fingerprint density at radius 2 is 1.50 bits per heavy atom. The minimum absolute atomic E-state index is 0.0644. The highest BCUT2D eigenvalue weighted by atomic mass is 32.2. The molecule has 1 atom stereocenters. The predicted molar refractivity (Wildman–Crippen MR) is 177 cm³/mol. The molecule has 10 heteroatoms. The standard InChI is InChI=1S/C36H40FN3O5S/c1-5-45-32-19-21-33(22-20-32)46(43,44)40(31-17-15-30(37)16-18-31)25-35(41)39(24-29-14-10-9-11-27(29)4)34(36(42)38-26(2)3)23-28-12-7-6-8-13-28/h6-22,26,34H,5,23-25H2,1-4H3,(H,38,42)/t34-/m1/s1. The number of rotatable bonds is 14. The van der Waals surface area contributed by atoms with E-state index in [0.29, 0.717) is 12.4 Å². The fraction of sp³-hybridized carbons (Fsp3) is 0.278. The van der Waals surface area contributed by atoms with Crippen molar-refractivity contribution in [2.24, 2.45) is 0 Å². The molecular formula is C36H40FN3O5S. The summed E-state index contributed by atoms with van der Waals surface area (Å²) in [6.45, 7) is 7.26. The van der Waals surface area contributed by atoms with E-state index in [4.69, 9.17) is 4.74 Å². The lowest BCUT2D eigenvalue weighted by molar-refractivity contribution is -0.140. The van der Waals surface area contributed by atoms with Gasteiger partial charge in [-0.3, -0.25) is 13.9 Å². The summed E-state index contributed by atoms with van der Waals surface area (Å²) in [4.78, 5) is 29.6. The van der Waals surface area contributed by atoms with Gasteiger partial charge in [-0.1, -0.05) is 54.6 Å². The van der Waals surface area contributed by atoms with Crippen LogP contribution in [-0.4, -0.2) is 50.4 Å². The summed E-state index contributed by atoms with van der Waals surface area (Å²) in [5.41, 5.74) is 2.67. The minimum atomic E-state index is -4.32. The zero-order chi connectivity index (χ0) is 33.3. The third kappa shape index (κ3) is 8.72. The highest BCUT2D eigenvalue weighted by Gasteiger charge is 2.35. The SMILES string of the molecule is CCOc1ccc(S(=O)(=O)N(CC(=O)N(Cc2ccccc2C)[C@H](Cc2ccccc2)C(=O)NC(C)C)c2ccc(F)cc2)cc1. The van der Waals surface area contributed by atoms with Crippen molar-refractivity contribution >= 4 is 27.5 Å². The maximum atomic E-state index is 14.5. The lowest BCUT2D eigenvalue weighted by atomic mass is 10.0. The van der Waals surface area contributed by atoms with Crippen molar-refractivity contribution < 1.29 is 27.1 Å². The van der Waals surface area contributed by atoms with Crippen molar-refractivity contribution in [3.8, 4) is 5.75 Å². The fourth-order valence-corrected chi connectivity index (χ4v) is 6.46. The molecule has 0 heterocycles. The number of sulfonamides is 1. The first-order valence-electron chi connectivity index (χ1n) is 15.2. The van der Waals surface area contributed by atoms with E-state index >= 15 is 0 Å². The van der Waals surface area contributed by atoms with E-state index < -0.39 is 34.3 Å². The van der Waals surface area contributed by atoms with Gasteiger partial charge in [-0.15, -0.1) is 0 Å². The molecule has 0 fully saturated rings. The van der Waals surface area contributed by atoms with E-state index in [2.05, 4.69) is 5.32 Å². The topological polar surface area (TPSA) is 96.0 Å². The smallest absolute Gasteiger partial charge is 0.264 e. The third-order valence-electron chi connectivity index (χ3n) is 7.42. The maximum absolute atomic E-state index is 14.5. The number of aryl methyl sites for hydroxylation is 1. The zero-order valence-corrected chi connectivity index (χ0v) is 27.3. The van der Waals surface area contributed by atoms with Crippen LogP contribution in [-0.2, 0) is 32.6 Å². The second-order valence-corrected chi connectivity index (χ2v) is 13.1. The minimum Gasteiger partial charge on any atom is -0.494 e. The molecule has 0 radical (unpaired) electrons.